The van der Waals surface area contributed by atoms with Crippen molar-refractivity contribution in [3.8, 4) is 11.3 Å². The third kappa shape index (κ3) is 3.83. The van der Waals surface area contributed by atoms with Gasteiger partial charge in [-0.1, -0.05) is 0 Å². The molecule has 2 aliphatic rings. The molecule has 0 unspecified atom stereocenters. The second-order valence-electron chi connectivity index (χ2n) is 7.37. The first-order chi connectivity index (χ1) is 12.8. The fourth-order valence-electron chi connectivity index (χ4n) is 4.20. The Morgan fingerprint density at radius 2 is 1.96 bits per heavy atom. The van der Waals surface area contributed by atoms with Crippen molar-refractivity contribution in [2.24, 2.45) is 5.92 Å². The van der Waals surface area contributed by atoms with Gasteiger partial charge in [0.25, 0.3) is 5.56 Å². The minimum absolute atomic E-state index is 0.00284. The Hall–Kier alpha value is -2.42. The molecule has 1 saturated heterocycles. The number of nitrogens with two attached hydrogens (primary N) is 1. The van der Waals surface area contributed by atoms with E-state index in [9.17, 15) is 18.0 Å². The summed E-state index contributed by atoms with van der Waals surface area (Å²) < 4.78 is 39.5. The Morgan fingerprint density at radius 3 is 2.70 bits per heavy atom. The zero-order valence-corrected chi connectivity index (χ0v) is 14.6. The first kappa shape index (κ1) is 18.0. The van der Waals surface area contributed by atoms with Crippen molar-refractivity contribution in [2.45, 2.75) is 31.5 Å². The van der Waals surface area contributed by atoms with Crippen molar-refractivity contribution in [3.05, 3.63) is 40.6 Å². The predicted octanol–water partition coefficient (Wildman–Crippen LogP) is 2.26. The van der Waals surface area contributed by atoms with Crippen molar-refractivity contribution in [1.29, 1.82) is 0 Å². The molecule has 27 heavy (non-hydrogen) atoms. The molecule has 4 heterocycles. The lowest BCUT2D eigenvalue weighted by Gasteiger charge is -2.43. The van der Waals surface area contributed by atoms with E-state index in [-0.39, 0.29) is 23.9 Å². The van der Waals surface area contributed by atoms with Gasteiger partial charge in [-0.3, -0.25) is 4.79 Å². The molecule has 2 atom stereocenters. The van der Waals surface area contributed by atoms with E-state index in [1.54, 1.807) is 10.6 Å². The van der Waals surface area contributed by atoms with Crippen LogP contribution in [0, 0.1) is 5.92 Å². The van der Waals surface area contributed by atoms with E-state index in [0.29, 0.717) is 36.7 Å². The molecule has 2 aromatic heterocycles. The molecule has 0 radical (unpaired) electrons. The number of alkyl halides is 3. The average molecular weight is 379 g/mol. The Kier molecular flexibility index (Phi) is 4.41. The summed E-state index contributed by atoms with van der Waals surface area (Å²) in [6.07, 6.45) is -2.73. The van der Waals surface area contributed by atoms with Crippen LogP contribution in [0.4, 0.5) is 19.0 Å². The van der Waals surface area contributed by atoms with Crippen molar-refractivity contribution in [2.75, 3.05) is 25.4 Å². The van der Waals surface area contributed by atoms with Crippen LogP contribution in [0.3, 0.4) is 0 Å². The Morgan fingerprint density at radius 1 is 1.15 bits per heavy atom. The molecule has 0 aromatic carbocycles. The number of nitrogens with zero attached hydrogens (tertiary/aromatic N) is 4. The van der Waals surface area contributed by atoms with E-state index < -0.39 is 12.6 Å². The standard InChI is InChI=1S/C18H20F3N5O/c19-18(20,21)1-2-25-7-11-3-13(9-25)15-4-12(5-17(27)26(15)8-11)14-6-16(22)24-10-23-14/h4-6,10-11,13H,1-3,7-9H2,(H2,22,23,24)/t11-,13+/m0/s1. The molecule has 0 saturated carbocycles. The fourth-order valence-corrected chi connectivity index (χ4v) is 4.20. The number of fused-ring (bicyclic) bond motifs is 4. The molecular weight excluding hydrogens is 359 g/mol. The topological polar surface area (TPSA) is 77.0 Å². The van der Waals surface area contributed by atoms with Crippen LogP contribution in [-0.2, 0) is 6.54 Å². The third-order valence-electron chi connectivity index (χ3n) is 5.33. The largest absolute Gasteiger partial charge is 0.390 e. The molecule has 0 aliphatic carbocycles. The van der Waals surface area contributed by atoms with Gasteiger partial charge in [0.05, 0.1) is 12.1 Å². The second-order valence-corrected chi connectivity index (χ2v) is 7.37. The van der Waals surface area contributed by atoms with Gasteiger partial charge in [-0.25, -0.2) is 9.97 Å². The summed E-state index contributed by atoms with van der Waals surface area (Å²) >= 11 is 0. The number of hydrogen-bond acceptors (Lipinski definition) is 5. The van der Waals surface area contributed by atoms with Crippen LogP contribution in [0.15, 0.2) is 29.3 Å². The highest BCUT2D eigenvalue weighted by Crippen LogP contribution is 2.37. The summed E-state index contributed by atoms with van der Waals surface area (Å²) in [7, 11) is 0. The van der Waals surface area contributed by atoms with Gasteiger partial charge in [0.2, 0.25) is 0 Å². The SMILES string of the molecule is Nc1cc(-c2cc3n(c(=O)c2)C[C@H]2C[C@@H]3CN(CCC(F)(F)F)C2)ncn1. The van der Waals surface area contributed by atoms with Gasteiger partial charge in [0, 0.05) is 55.5 Å². The normalized spacial score (nSPS) is 22.5. The van der Waals surface area contributed by atoms with Crippen LogP contribution < -0.4 is 11.3 Å². The van der Waals surface area contributed by atoms with E-state index in [4.69, 9.17) is 5.73 Å². The van der Waals surface area contributed by atoms with Gasteiger partial charge in [0.1, 0.15) is 12.1 Å². The van der Waals surface area contributed by atoms with Gasteiger partial charge in [-0.05, 0) is 18.4 Å². The summed E-state index contributed by atoms with van der Waals surface area (Å²) in [6, 6.07) is 5.05. The van der Waals surface area contributed by atoms with Crippen LogP contribution in [0.1, 0.15) is 24.5 Å². The summed E-state index contributed by atoms with van der Waals surface area (Å²) in [6.45, 7) is 1.67. The zero-order chi connectivity index (χ0) is 19.2. The van der Waals surface area contributed by atoms with Crippen LogP contribution in [0.2, 0.25) is 0 Å². The average Bonchev–Trinajstić information content (AvgIpc) is 2.60. The number of likely N-dealkylation sites (tertiary alicyclic amines) is 1. The predicted molar refractivity (Wildman–Crippen MR) is 94.1 cm³/mol. The molecule has 4 rings (SSSR count). The van der Waals surface area contributed by atoms with Crippen molar-refractivity contribution < 1.29 is 13.2 Å². The Balaban J connectivity index is 1.63. The highest BCUT2D eigenvalue weighted by molar-refractivity contribution is 5.61. The molecule has 2 N–H and O–H groups in total. The number of pyridine rings is 1. The van der Waals surface area contributed by atoms with Crippen molar-refractivity contribution in [3.63, 3.8) is 0 Å². The molecule has 9 heteroatoms. The van der Waals surface area contributed by atoms with Gasteiger partial charge in [0.15, 0.2) is 0 Å². The van der Waals surface area contributed by atoms with E-state index in [1.807, 2.05) is 11.0 Å². The summed E-state index contributed by atoms with van der Waals surface area (Å²) in [5.41, 5.74) is 7.68. The number of halogens is 3. The first-order valence-corrected chi connectivity index (χ1v) is 8.90. The van der Waals surface area contributed by atoms with Gasteiger partial charge in [-0.2, -0.15) is 13.2 Å². The number of hydrogen-bond donors (Lipinski definition) is 1. The van der Waals surface area contributed by atoms with Crippen LogP contribution in [-0.4, -0.2) is 45.2 Å². The molecule has 1 fully saturated rings. The van der Waals surface area contributed by atoms with Crippen LogP contribution in [0.25, 0.3) is 11.3 Å². The minimum Gasteiger partial charge on any atom is -0.384 e. The number of aromatic nitrogens is 3. The quantitative estimate of drug-likeness (QED) is 0.885. The van der Waals surface area contributed by atoms with Crippen molar-refractivity contribution in [1.82, 2.24) is 19.4 Å². The van der Waals surface area contributed by atoms with Crippen LogP contribution >= 0.6 is 0 Å². The number of nitrogen functional groups attached to an aromatic ring is 1. The van der Waals surface area contributed by atoms with Gasteiger partial charge >= 0.3 is 6.18 Å². The monoisotopic (exact) mass is 379 g/mol. The lowest BCUT2D eigenvalue weighted by molar-refractivity contribution is -0.139. The molecule has 6 nitrogen and oxygen atoms in total. The van der Waals surface area contributed by atoms with E-state index in [1.165, 1.54) is 12.4 Å². The maximum Gasteiger partial charge on any atom is 0.390 e. The molecule has 2 bridgehead atoms. The van der Waals surface area contributed by atoms with E-state index in [0.717, 1.165) is 12.1 Å². The summed E-state index contributed by atoms with van der Waals surface area (Å²) in [5.74, 6) is 0.550. The smallest absolute Gasteiger partial charge is 0.384 e. The molecule has 2 aromatic rings. The molecule has 144 valence electrons. The van der Waals surface area contributed by atoms with Gasteiger partial charge < -0.3 is 15.2 Å². The lowest BCUT2D eigenvalue weighted by atomic mass is 9.82. The number of anilines is 1. The first-order valence-electron chi connectivity index (χ1n) is 8.90. The number of rotatable bonds is 3. The van der Waals surface area contributed by atoms with Crippen molar-refractivity contribution >= 4 is 5.82 Å². The molecule has 0 amide bonds. The Labute approximate surface area is 153 Å². The van der Waals surface area contributed by atoms with Gasteiger partial charge in [-0.15, -0.1) is 0 Å². The van der Waals surface area contributed by atoms with Crippen LogP contribution in [0.5, 0.6) is 0 Å². The maximum absolute atomic E-state index is 12.6. The summed E-state index contributed by atoms with van der Waals surface area (Å²) in [4.78, 5) is 22.5. The second kappa shape index (κ2) is 6.63. The molecule has 0 spiro atoms. The number of piperidine rings is 1. The highest BCUT2D eigenvalue weighted by Gasteiger charge is 2.36. The zero-order valence-electron chi connectivity index (χ0n) is 14.6. The third-order valence-corrected chi connectivity index (χ3v) is 5.33. The maximum atomic E-state index is 12.6. The Bertz CT molecular complexity index is 911. The minimum atomic E-state index is -4.15. The summed E-state index contributed by atoms with van der Waals surface area (Å²) in [5, 5.41) is 0. The lowest BCUT2D eigenvalue weighted by Crippen LogP contribution is -2.47. The fraction of sp³-hybridized carbons (Fsp3) is 0.500. The molecular formula is C18H20F3N5O. The van der Waals surface area contributed by atoms with E-state index in [2.05, 4.69) is 9.97 Å². The highest BCUT2D eigenvalue weighted by atomic mass is 19.4. The van der Waals surface area contributed by atoms with E-state index >= 15 is 0 Å². The molecule has 2 aliphatic heterocycles.